The van der Waals surface area contributed by atoms with Gasteiger partial charge in [-0.15, -0.1) is 0 Å². The lowest BCUT2D eigenvalue weighted by Crippen LogP contribution is -2.39. The Kier molecular flexibility index (Phi) is 1.83. The van der Waals surface area contributed by atoms with E-state index < -0.39 is 0 Å². The van der Waals surface area contributed by atoms with Gasteiger partial charge in [-0.2, -0.15) is 0 Å². The molecule has 2 heteroatoms. The van der Waals surface area contributed by atoms with Crippen LogP contribution in [0.4, 0.5) is 0 Å². The summed E-state index contributed by atoms with van der Waals surface area (Å²) < 4.78 is 0.560. The van der Waals surface area contributed by atoms with Crippen molar-refractivity contribution in [1.29, 1.82) is 0 Å². The van der Waals surface area contributed by atoms with Crippen LogP contribution in [0.2, 0.25) is 5.31 Å². The lowest BCUT2D eigenvalue weighted by molar-refractivity contribution is 0.440. The van der Waals surface area contributed by atoms with E-state index in [4.69, 9.17) is 0 Å². The lowest BCUT2D eigenvalue weighted by atomic mass is 9.44. The Morgan fingerprint density at radius 2 is 2.09 bits per heavy atom. The third kappa shape index (κ3) is 1.25. The zero-order valence-electron chi connectivity index (χ0n) is 7.36. The number of rotatable bonds is 0. The van der Waals surface area contributed by atoms with E-state index in [1.165, 1.54) is 25.7 Å². The third-order valence-corrected chi connectivity index (χ3v) is 5.55. The van der Waals surface area contributed by atoms with E-state index in [-0.39, 0.29) is 0 Å². The molecular weight excluding hydrogens is 246 g/mol. The van der Waals surface area contributed by atoms with Gasteiger partial charge >= 0.3 is 0 Å². The summed E-state index contributed by atoms with van der Waals surface area (Å²) in [6.45, 7) is 4.84. The Hall–Kier alpha value is 0.795. The zero-order chi connectivity index (χ0) is 8.11. The second-order valence-electron chi connectivity index (χ2n) is 4.66. The molecule has 61 valence electrons. The molecule has 0 N–H and O–H groups in total. The van der Waals surface area contributed by atoms with Gasteiger partial charge in [0.25, 0.3) is 0 Å². The summed E-state index contributed by atoms with van der Waals surface area (Å²) in [5.41, 5.74) is 0. The number of hydrogen-bond donors (Lipinski definition) is 0. The lowest BCUT2D eigenvalue weighted by Gasteiger charge is -2.37. The first-order chi connectivity index (χ1) is 5.04. The summed E-state index contributed by atoms with van der Waals surface area (Å²) in [4.78, 5) is 0. The highest BCUT2D eigenvalue weighted by molar-refractivity contribution is 14.1. The molecule has 2 fully saturated rings. The summed E-state index contributed by atoms with van der Waals surface area (Å²) in [6.07, 6.45) is 5.72. The second kappa shape index (κ2) is 2.40. The van der Waals surface area contributed by atoms with E-state index in [1.807, 2.05) is 0 Å². The molecule has 2 heterocycles. The van der Waals surface area contributed by atoms with Gasteiger partial charge < -0.3 is 0 Å². The van der Waals surface area contributed by atoms with Crippen LogP contribution in [0.3, 0.4) is 0 Å². The molecule has 3 atom stereocenters. The van der Waals surface area contributed by atoms with Crippen LogP contribution in [0.15, 0.2) is 0 Å². The minimum Gasteiger partial charge on any atom is -0.0884 e. The van der Waals surface area contributed by atoms with Crippen LogP contribution in [0, 0.1) is 5.92 Å². The number of hydrogen-bond acceptors (Lipinski definition) is 0. The van der Waals surface area contributed by atoms with Crippen LogP contribution in [0.25, 0.3) is 0 Å². The first-order valence-electron chi connectivity index (χ1n) is 4.60. The van der Waals surface area contributed by atoms with Crippen molar-refractivity contribution < 1.29 is 0 Å². The topological polar surface area (TPSA) is 0 Å². The van der Waals surface area contributed by atoms with E-state index in [0.29, 0.717) is 8.64 Å². The van der Waals surface area contributed by atoms with Crippen LogP contribution < -0.4 is 0 Å². The molecule has 0 spiro atoms. The molecule has 2 rings (SSSR count). The number of alkyl halides is 1. The molecule has 0 aromatic carbocycles. The summed E-state index contributed by atoms with van der Waals surface area (Å²) in [6, 6.07) is 0. The van der Waals surface area contributed by atoms with E-state index in [2.05, 4.69) is 43.7 Å². The fourth-order valence-electron chi connectivity index (χ4n) is 2.57. The molecule has 0 aromatic rings. The van der Waals surface area contributed by atoms with Gasteiger partial charge in [-0.25, -0.2) is 0 Å². The number of fused-ring (bicyclic) bond motifs is 2. The van der Waals surface area contributed by atoms with E-state index in [0.717, 1.165) is 5.92 Å². The van der Waals surface area contributed by atoms with Crippen molar-refractivity contribution in [2.75, 3.05) is 0 Å². The molecule has 0 amide bonds. The quantitative estimate of drug-likeness (QED) is 0.356. The minimum atomic E-state index is 0.560. The van der Waals surface area contributed by atoms with Gasteiger partial charge in [-0.3, -0.25) is 0 Å². The van der Waals surface area contributed by atoms with Gasteiger partial charge in [-0.1, -0.05) is 61.0 Å². The largest absolute Gasteiger partial charge is 0.139 e. The van der Waals surface area contributed by atoms with E-state index in [9.17, 15) is 0 Å². The van der Waals surface area contributed by atoms with E-state index >= 15 is 0 Å². The van der Waals surface area contributed by atoms with E-state index in [1.54, 1.807) is 0 Å². The van der Waals surface area contributed by atoms with Crippen molar-refractivity contribution in [3.8, 4) is 0 Å². The van der Waals surface area contributed by atoms with Crippen LogP contribution in [0.1, 0.15) is 39.5 Å². The van der Waals surface area contributed by atoms with Crippen LogP contribution in [0.5, 0.6) is 0 Å². The summed E-state index contributed by atoms with van der Waals surface area (Å²) in [5.74, 6) is 0.915. The standard InChI is InChI=1S/C9H15BI/c1-7-3-4-8(2)5-6-9(7,11)10-8/h7H,3-6H2,1-2H3/t7-,8+,9?/m1/s1. The monoisotopic (exact) mass is 261 g/mol. The molecule has 0 aliphatic carbocycles. The maximum atomic E-state index is 2.68. The summed E-state index contributed by atoms with van der Waals surface area (Å²) in [5, 5.41) is 0.605. The molecule has 0 nitrogen and oxygen atoms in total. The van der Waals surface area contributed by atoms with Crippen molar-refractivity contribution in [2.24, 2.45) is 5.92 Å². The molecule has 2 aliphatic rings. The highest BCUT2D eigenvalue weighted by Gasteiger charge is 2.51. The zero-order valence-corrected chi connectivity index (χ0v) is 9.52. The van der Waals surface area contributed by atoms with Crippen LogP contribution in [-0.2, 0) is 0 Å². The van der Waals surface area contributed by atoms with Crippen LogP contribution in [-0.4, -0.2) is 10.6 Å². The first kappa shape index (κ1) is 8.40. The fourth-order valence-corrected chi connectivity index (χ4v) is 3.91. The summed E-state index contributed by atoms with van der Waals surface area (Å²) in [7, 11) is 2.63. The van der Waals surface area contributed by atoms with Gasteiger partial charge in [0, 0.05) is 0 Å². The molecule has 0 aromatic heterocycles. The smallest absolute Gasteiger partial charge is 0.0884 e. The normalized spacial score (nSPS) is 55.7. The Balaban J connectivity index is 2.23. The molecule has 2 saturated heterocycles. The van der Waals surface area contributed by atoms with Crippen molar-refractivity contribution in [1.82, 2.24) is 0 Å². The van der Waals surface area contributed by atoms with Gasteiger partial charge in [0.15, 0.2) is 0 Å². The Bertz CT molecular complexity index is 178. The van der Waals surface area contributed by atoms with Gasteiger partial charge in [0.2, 0.25) is 0 Å². The number of halogens is 1. The SMILES string of the molecule is C[C@@H]1CC[C@]2(C)[B]C1(I)CC2. The molecule has 2 aliphatic heterocycles. The van der Waals surface area contributed by atoms with Crippen molar-refractivity contribution in [3.63, 3.8) is 0 Å². The highest BCUT2D eigenvalue weighted by Crippen LogP contribution is 2.58. The average Bonchev–Trinajstić information content (AvgIpc) is 2.20. The maximum Gasteiger partial charge on any atom is 0.139 e. The molecule has 1 radical (unpaired) electrons. The predicted octanol–water partition coefficient (Wildman–Crippen LogP) is 3.22. The maximum absolute atomic E-state index is 2.68. The Morgan fingerprint density at radius 3 is 2.73 bits per heavy atom. The van der Waals surface area contributed by atoms with Gasteiger partial charge in [-0.05, 0) is 15.7 Å². The predicted molar refractivity (Wildman–Crippen MR) is 58.5 cm³/mol. The van der Waals surface area contributed by atoms with Crippen molar-refractivity contribution in [3.05, 3.63) is 0 Å². The van der Waals surface area contributed by atoms with Gasteiger partial charge in [0.1, 0.15) is 7.28 Å². The van der Waals surface area contributed by atoms with Gasteiger partial charge in [0.05, 0.1) is 0 Å². The van der Waals surface area contributed by atoms with Crippen molar-refractivity contribution >= 4 is 29.9 Å². The average molecular weight is 261 g/mol. The Morgan fingerprint density at radius 1 is 1.36 bits per heavy atom. The fraction of sp³-hybridized carbons (Fsp3) is 1.00. The Labute approximate surface area is 83.9 Å². The first-order valence-corrected chi connectivity index (χ1v) is 5.68. The molecule has 11 heavy (non-hydrogen) atoms. The molecular formula is C9H15BI. The molecule has 1 unspecified atom stereocenters. The highest BCUT2D eigenvalue weighted by atomic mass is 127. The summed E-state index contributed by atoms with van der Waals surface area (Å²) >= 11 is 2.68. The second-order valence-corrected chi connectivity index (χ2v) is 6.67. The molecule has 2 bridgehead atoms. The third-order valence-electron chi connectivity index (χ3n) is 3.64. The van der Waals surface area contributed by atoms with Crippen molar-refractivity contribution in [2.45, 2.75) is 48.2 Å². The van der Waals surface area contributed by atoms with Crippen LogP contribution >= 0.6 is 22.6 Å². The molecule has 0 saturated carbocycles. The minimum absolute atomic E-state index is 0.560.